The highest BCUT2D eigenvalue weighted by atomic mass is 16.5. The highest BCUT2D eigenvalue weighted by Gasteiger charge is 2.23. The zero-order valence-electron chi connectivity index (χ0n) is 13.6. The lowest BCUT2D eigenvalue weighted by Crippen LogP contribution is -2.43. The third-order valence-corrected chi connectivity index (χ3v) is 4.44. The van der Waals surface area contributed by atoms with Gasteiger partial charge in [0.25, 0.3) is 0 Å². The molecule has 0 unspecified atom stereocenters. The van der Waals surface area contributed by atoms with Gasteiger partial charge in [0.15, 0.2) is 0 Å². The minimum Gasteiger partial charge on any atom is -0.492 e. The molecule has 0 atom stereocenters. The van der Waals surface area contributed by atoms with Crippen molar-refractivity contribution < 1.29 is 4.74 Å². The quantitative estimate of drug-likeness (QED) is 0.837. The summed E-state index contributed by atoms with van der Waals surface area (Å²) < 4.78 is 5.88. The molecule has 1 aromatic rings. The van der Waals surface area contributed by atoms with Crippen molar-refractivity contribution in [2.45, 2.75) is 58.0 Å². The van der Waals surface area contributed by atoms with Crippen molar-refractivity contribution in [1.29, 1.82) is 0 Å². The second kappa shape index (κ2) is 8.40. The maximum absolute atomic E-state index is 6.02. The summed E-state index contributed by atoms with van der Waals surface area (Å²) in [5.41, 5.74) is 7.29. The highest BCUT2D eigenvalue weighted by Crippen LogP contribution is 2.22. The summed E-state index contributed by atoms with van der Waals surface area (Å²) in [6, 6.07) is 9.43. The van der Waals surface area contributed by atoms with Gasteiger partial charge in [-0.25, -0.2) is 0 Å². The van der Waals surface area contributed by atoms with Crippen LogP contribution in [0.15, 0.2) is 24.3 Å². The summed E-state index contributed by atoms with van der Waals surface area (Å²) >= 11 is 0. The van der Waals surface area contributed by atoms with Crippen LogP contribution < -0.4 is 10.5 Å². The highest BCUT2D eigenvalue weighted by molar-refractivity contribution is 5.26. The van der Waals surface area contributed by atoms with Crippen LogP contribution in [0.5, 0.6) is 5.75 Å². The first-order valence-electron chi connectivity index (χ1n) is 8.38. The van der Waals surface area contributed by atoms with Crippen LogP contribution in [0.3, 0.4) is 0 Å². The maximum atomic E-state index is 6.02. The van der Waals surface area contributed by atoms with E-state index >= 15 is 0 Å². The smallest absolute Gasteiger partial charge is 0.119 e. The number of nitrogens with zero attached hydrogens (tertiary/aromatic N) is 1. The van der Waals surface area contributed by atoms with Crippen LogP contribution in [0.1, 0.15) is 44.6 Å². The lowest BCUT2D eigenvalue weighted by atomic mass is 9.90. The molecule has 3 heteroatoms. The van der Waals surface area contributed by atoms with E-state index in [4.69, 9.17) is 10.5 Å². The predicted molar refractivity (Wildman–Crippen MR) is 88.8 cm³/mol. The number of nitrogens with two attached hydrogens (primary N) is 1. The fourth-order valence-electron chi connectivity index (χ4n) is 3.15. The van der Waals surface area contributed by atoms with Crippen molar-refractivity contribution >= 4 is 0 Å². The van der Waals surface area contributed by atoms with Crippen molar-refractivity contribution in [2.75, 3.05) is 19.7 Å². The molecule has 0 radical (unpaired) electrons. The Hall–Kier alpha value is -1.06. The molecular formula is C18H30N2O. The largest absolute Gasteiger partial charge is 0.492 e. The van der Waals surface area contributed by atoms with Crippen molar-refractivity contribution in [3.05, 3.63) is 29.8 Å². The Morgan fingerprint density at radius 3 is 2.38 bits per heavy atom. The lowest BCUT2D eigenvalue weighted by molar-refractivity contribution is 0.126. The first-order valence-corrected chi connectivity index (χ1v) is 8.38. The maximum Gasteiger partial charge on any atom is 0.119 e. The first kappa shape index (κ1) is 16.3. The monoisotopic (exact) mass is 290 g/mol. The summed E-state index contributed by atoms with van der Waals surface area (Å²) in [6.45, 7) is 7.30. The van der Waals surface area contributed by atoms with Gasteiger partial charge in [-0.1, -0.05) is 24.6 Å². The molecule has 2 N–H and O–H groups in total. The SMILES string of the molecule is CCCN(CCOc1ccc(C)cc1)C1CCC(N)CC1. The Bertz CT molecular complexity index is 396. The molecule has 1 aromatic carbocycles. The molecule has 0 heterocycles. The van der Waals surface area contributed by atoms with Crippen molar-refractivity contribution in [2.24, 2.45) is 5.73 Å². The Kier molecular flexibility index (Phi) is 6.52. The minimum absolute atomic E-state index is 0.425. The van der Waals surface area contributed by atoms with E-state index in [1.807, 2.05) is 0 Å². The molecule has 0 aromatic heterocycles. The molecule has 21 heavy (non-hydrogen) atoms. The molecule has 1 aliphatic rings. The van der Waals surface area contributed by atoms with Gasteiger partial charge in [0, 0.05) is 18.6 Å². The van der Waals surface area contributed by atoms with E-state index in [1.165, 1.54) is 37.7 Å². The van der Waals surface area contributed by atoms with Gasteiger partial charge in [-0.15, -0.1) is 0 Å². The summed E-state index contributed by atoms with van der Waals surface area (Å²) in [5, 5.41) is 0. The van der Waals surface area contributed by atoms with Gasteiger partial charge in [-0.3, -0.25) is 4.90 Å². The fraction of sp³-hybridized carbons (Fsp3) is 0.667. The van der Waals surface area contributed by atoms with E-state index in [-0.39, 0.29) is 0 Å². The lowest BCUT2D eigenvalue weighted by Gasteiger charge is -2.35. The summed E-state index contributed by atoms with van der Waals surface area (Å²) in [6.07, 6.45) is 6.03. The molecule has 0 saturated heterocycles. The predicted octanol–water partition coefficient (Wildman–Crippen LogP) is 3.36. The molecule has 0 bridgehead atoms. The molecule has 0 amide bonds. The molecule has 3 nitrogen and oxygen atoms in total. The average molecular weight is 290 g/mol. The summed E-state index contributed by atoms with van der Waals surface area (Å²) in [4.78, 5) is 2.60. The van der Waals surface area contributed by atoms with Crippen LogP contribution in [0.2, 0.25) is 0 Å². The van der Waals surface area contributed by atoms with Crippen LogP contribution in [-0.2, 0) is 0 Å². The van der Waals surface area contributed by atoms with Crippen molar-refractivity contribution in [3.63, 3.8) is 0 Å². The van der Waals surface area contributed by atoms with Crippen LogP contribution in [0.4, 0.5) is 0 Å². The molecule has 118 valence electrons. The van der Waals surface area contributed by atoms with E-state index in [0.717, 1.165) is 25.4 Å². The summed E-state index contributed by atoms with van der Waals surface area (Å²) in [5.74, 6) is 0.975. The van der Waals surface area contributed by atoms with Crippen LogP contribution in [0.25, 0.3) is 0 Å². The van der Waals surface area contributed by atoms with Gasteiger partial charge in [0.1, 0.15) is 12.4 Å². The number of benzene rings is 1. The topological polar surface area (TPSA) is 38.5 Å². The fourth-order valence-corrected chi connectivity index (χ4v) is 3.15. The standard InChI is InChI=1S/C18H30N2O/c1-3-12-20(17-8-6-16(19)7-9-17)13-14-21-18-10-4-15(2)5-11-18/h4-5,10-11,16-17H,3,6-9,12-14,19H2,1-2H3. The number of hydrogen-bond donors (Lipinski definition) is 1. The van der Waals surface area contributed by atoms with Gasteiger partial charge in [0.2, 0.25) is 0 Å². The second-order valence-electron chi connectivity index (χ2n) is 6.27. The Morgan fingerprint density at radius 2 is 1.76 bits per heavy atom. The Labute approximate surface area is 129 Å². The van der Waals surface area contributed by atoms with E-state index in [2.05, 4.69) is 43.0 Å². The van der Waals surface area contributed by atoms with Gasteiger partial charge in [-0.2, -0.15) is 0 Å². The molecule has 1 saturated carbocycles. The third kappa shape index (κ3) is 5.33. The van der Waals surface area contributed by atoms with Crippen LogP contribution in [0, 0.1) is 6.92 Å². The molecular weight excluding hydrogens is 260 g/mol. The molecule has 1 aliphatic carbocycles. The van der Waals surface area contributed by atoms with Crippen LogP contribution in [-0.4, -0.2) is 36.7 Å². The van der Waals surface area contributed by atoms with Crippen molar-refractivity contribution in [1.82, 2.24) is 4.90 Å². The molecule has 0 aliphatic heterocycles. The number of aryl methyl sites for hydroxylation is 1. The Morgan fingerprint density at radius 1 is 1.10 bits per heavy atom. The average Bonchev–Trinajstić information content (AvgIpc) is 2.49. The second-order valence-corrected chi connectivity index (χ2v) is 6.27. The first-order chi connectivity index (χ1) is 10.2. The molecule has 1 fully saturated rings. The number of ether oxygens (including phenoxy) is 1. The molecule has 2 rings (SSSR count). The molecule has 0 spiro atoms. The van der Waals surface area contributed by atoms with Gasteiger partial charge < -0.3 is 10.5 Å². The van der Waals surface area contributed by atoms with Crippen LogP contribution >= 0.6 is 0 Å². The third-order valence-electron chi connectivity index (χ3n) is 4.44. The van der Waals surface area contributed by atoms with E-state index < -0.39 is 0 Å². The van der Waals surface area contributed by atoms with Gasteiger partial charge in [0.05, 0.1) is 0 Å². The zero-order valence-corrected chi connectivity index (χ0v) is 13.6. The van der Waals surface area contributed by atoms with Gasteiger partial charge in [-0.05, 0) is 57.7 Å². The Balaban J connectivity index is 1.78. The van der Waals surface area contributed by atoms with Crippen molar-refractivity contribution in [3.8, 4) is 5.75 Å². The normalized spacial score (nSPS) is 22.5. The van der Waals surface area contributed by atoms with E-state index in [0.29, 0.717) is 12.1 Å². The number of rotatable bonds is 7. The zero-order chi connectivity index (χ0) is 15.1. The minimum atomic E-state index is 0.425. The van der Waals surface area contributed by atoms with E-state index in [9.17, 15) is 0 Å². The summed E-state index contributed by atoms with van der Waals surface area (Å²) in [7, 11) is 0. The van der Waals surface area contributed by atoms with Gasteiger partial charge >= 0.3 is 0 Å². The van der Waals surface area contributed by atoms with E-state index in [1.54, 1.807) is 0 Å². The number of hydrogen-bond acceptors (Lipinski definition) is 3.